The number of anilines is 1. The second kappa shape index (κ2) is 4.97. The quantitative estimate of drug-likeness (QED) is 0.768. The summed E-state index contributed by atoms with van der Waals surface area (Å²) in [5.41, 5.74) is 0.697. The Labute approximate surface area is 89.7 Å². The molecule has 0 bridgehead atoms. The minimum atomic E-state index is -0.994. The zero-order chi connectivity index (χ0) is 10.6. The standard InChI is InChI=1S/C9H10BrNO3/c10-6-1-2-8(11-3-4-12)7(5-6)9(13)14/h1-2,5,11-12H,3-4H2,(H,13,14). The zero-order valence-electron chi connectivity index (χ0n) is 7.33. The Balaban J connectivity index is 2.96. The van der Waals surface area contributed by atoms with Crippen molar-refractivity contribution >= 4 is 27.6 Å². The molecule has 1 aromatic carbocycles. The summed E-state index contributed by atoms with van der Waals surface area (Å²) in [7, 11) is 0. The van der Waals surface area contributed by atoms with Crippen molar-refractivity contribution in [3.8, 4) is 0 Å². The van der Waals surface area contributed by atoms with Gasteiger partial charge >= 0.3 is 5.97 Å². The van der Waals surface area contributed by atoms with Gasteiger partial charge in [0.1, 0.15) is 0 Å². The van der Waals surface area contributed by atoms with E-state index in [9.17, 15) is 4.79 Å². The number of hydrogen-bond donors (Lipinski definition) is 3. The molecule has 0 aliphatic carbocycles. The van der Waals surface area contributed by atoms with Crippen LogP contribution in [0.4, 0.5) is 5.69 Å². The normalized spacial score (nSPS) is 9.86. The molecule has 5 heteroatoms. The highest BCUT2D eigenvalue weighted by molar-refractivity contribution is 9.10. The van der Waals surface area contributed by atoms with Crippen LogP contribution in [-0.2, 0) is 0 Å². The van der Waals surface area contributed by atoms with Crippen molar-refractivity contribution in [2.75, 3.05) is 18.5 Å². The molecule has 0 saturated heterocycles. The molecule has 0 aromatic heterocycles. The van der Waals surface area contributed by atoms with Gasteiger partial charge in [0.05, 0.1) is 12.2 Å². The van der Waals surface area contributed by atoms with Crippen LogP contribution in [0.15, 0.2) is 22.7 Å². The van der Waals surface area contributed by atoms with E-state index >= 15 is 0 Å². The highest BCUT2D eigenvalue weighted by Crippen LogP contribution is 2.20. The molecule has 4 nitrogen and oxygen atoms in total. The topological polar surface area (TPSA) is 69.6 Å². The van der Waals surface area contributed by atoms with E-state index in [1.807, 2.05) is 0 Å². The molecular formula is C9H10BrNO3. The first-order valence-electron chi connectivity index (χ1n) is 4.02. The maximum atomic E-state index is 10.8. The van der Waals surface area contributed by atoms with E-state index in [4.69, 9.17) is 10.2 Å². The lowest BCUT2D eigenvalue weighted by Crippen LogP contribution is -2.09. The molecular weight excluding hydrogens is 250 g/mol. The fourth-order valence-electron chi connectivity index (χ4n) is 1.04. The third kappa shape index (κ3) is 2.71. The summed E-state index contributed by atoms with van der Waals surface area (Å²) in [5.74, 6) is -0.994. The van der Waals surface area contributed by atoms with Gasteiger partial charge in [-0.3, -0.25) is 0 Å². The summed E-state index contributed by atoms with van der Waals surface area (Å²) in [6.45, 7) is 0.303. The number of aliphatic hydroxyl groups is 1. The molecule has 0 spiro atoms. The SMILES string of the molecule is O=C(O)c1cc(Br)ccc1NCCO. The lowest BCUT2D eigenvalue weighted by Gasteiger charge is -2.08. The first-order valence-corrected chi connectivity index (χ1v) is 4.82. The van der Waals surface area contributed by atoms with Crippen LogP contribution in [0.25, 0.3) is 0 Å². The third-order valence-electron chi connectivity index (χ3n) is 1.64. The second-order valence-electron chi connectivity index (χ2n) is 2.65. The van der Waals surface area contributed by atoms with Crippen LogP contribution in [0.3, 0.4) is 0 Å². The molecule has 1 aromatic rings. The summed E-state index contributed by atoms with van der Waals surface area (Å²) >= 11 is 3.19. The zero-order valence-corrected chi connectivity index (χ0v) is 8.91. The molecule has 0 amide bonds. The van der Waals surface area contributed by atoms with Gasteiger partial charge in [0.2, 0.25) is 0 Å². The number of halogens is 1. The Morgan fingerprint density at radius 3 is 2.79 bits per heavy atom. The van der Waals surface area contributed by atoms with Crippen molar-refractivity contribution in [3.63, 3.8) is 0 Å². The van der Waals surface area contributed by atoms with Crippen LogP contribution in [-0.4, -0.2) is 29.3 Å². The Morgan fingerprint density at radius 1 is 1.50 bits per heavy atom. The number of aliphatic hydroxyl groups excluding tert-OH is 1. The van der Waals surface area contributed by atoms with E-state index in [2.05, 4.69) is 21.2 Å². The van der Waals surface area contributed by atoms with Gasteiger partial charge in [-0.25, -0.2) is 4.79 Å². The number of benzene rings is 1. The predicted molar refractivity (Wildman–Crippen MR) is 56.7 cm³/mol. The number of carboxylic acids is 1. The number of carboxylic acid groups (broad SMARTS) is 1. The number of nitrogens with one attached hydrogen (secondary N) is 1. The average molecular weight is 260 g/mol. The van der Waals surface area contributed by atoms with Gasteiger partial charge in [-0.05, 0) is 18.2 Å². The maximum absolute atomic E-state index is 10.8. The molecule has 76 valence electrons. The largest absolute Gasteiger partial charge is 0.478 e. The number of hydrogen-bond acceptors (Lipinski definition) is 3. The highest BCUT2D eigenvalue weighted by atomic mass is 79.9. The van der Waals surface area contributed by atoms with Crippen LogP contribution in [0.5, 0.6) is 0 Å². The fraction of sp³-hybridized carbons (Fsp3) is 0.222. The summed E-state index contributed by atoms with van der Waals surface area (Å²) in [4.78, 5) is 10.8. The second-order valence-corrected chi connectivity index (χ2v) is 3.56. The third-order valence-corrected chi connectivity index (χ3v) is 2.13. The molecule has 0 atom stereocenters. The van der Waals surface area contributed by atoms with Gasteiger partial charge in [0.25, 0.3) is 0 Å². The number of rotatable bonds is 4. The van der Waals surface area contributed by atoms with E-state index in [0.29, 0.717) is 16.7 Å². The Morgan fingerprint density at radius 2 is 2.21 bits per heavy atom. The predicted octanol–water partition coefficient (Wildman–Crippen LogP) is 1.55. The van der Waals surface area contributed by atoms with Gasteiger partial charge in [-0.1, -0.05) is 15.9 Å². The molecule has 0 unspecified atom stereocenters. The molecule has 0 aliphatic heterocycles. The summed E-state index contributed by atoms with van der Waals surface area (Å²) in [6.07, 6.45) is 0. The number of aromatic carboxylic acids is 1. The lowest BCUT2D eigenvalue weighted by molar-refractivity contribution is 0.0698. The van der Waals surface area contributed by atoms with Gasteiger partial charge in [-0.15, -0.1) is 0 Å². The van der Waals surface area contributed by atoms with Gasteiger partial charge in [-0.2, -0.15) is 0 Å². The van der Waals surface area contributed by atoms with Crippen LogP contribution < -0.4 is 5.32 Å². The van der Waals surface area contributed by atoms with E-state index in [-0.39, 0.29) is 12.2 Å². The van der Waals surface area contributed by atoms with E-state index < -0.39 is 5.97 Å². The molecule has 14 heavy (non-hydrogen) atoms. The van der Waals surface area contributed by atoms with Crippen LogP contribution in [0.1, 0.15) is 10.4 Å². The molecule has 0 aliphatic rings. The van der Waals surface area contributed by atoms with Crippen molar-refractivity contribution in [2.24, 2.45) is 0 Å². The van der Waals surface area contributed by atoms with Crippen molar-refractivity contribution in [2.45, 2.75) is 0 Å². The Kier molecular flexibility index (Phi) is 3.91. The Hall–Kier alpha value is -1.07. The van der Waals surface area contributed by atoms with E-state index in [1.54, 1.807) is 12.1 Å². The summed E-state index contributed by atoms with van der Waals surface area (Å²) in [5, 5.41) is 20.3. The number of carbonyl (C=O) groups is 1. The smallest absolute Gasteiger partial charge is 0.337 e. The highest BCUT2D eigenvalue weighted by Gasteiger charge is 2.09. The minimum Gasteiger partial charge on any atom is -0.478 e. The van der Waals surface area contributed by atoms with Crippen molar-refractivity contribution < 1.29 is 15.0 Å². The van der Waals surface area contributed by atoms with Gasteiger partial charge in [0.15, 0.2) is 0 Å². The van der Waals surface area contributed by atoms with Crippen LogP contribution >= 0.6 is 15.9 Å². The molecule has 0 saturated carbocycles. The molecule has 1 rings (SSSR count). The maximum Gasteiger partial charge on any atom is 0.337 e. The van der Waals surface area contributed by atoms with Gasteiger partial charge < -0.3 is 15.5 Å². The average Bonchev–Trinajstić information content (AvgIpc) is 2.15. The first-order chi connectivity index (χ1) is 6.65. The van der Waals surface area contributed by atoms with E-state index in [0.717, 1.165) is 0 Å². The monoisotopic (exact) mass is 259 g/mol. The molecule has 3 N–H and O–H groups in total. The van der Waals surface area contributed by atoms with Crippen molar-refractivity contribution in [1.82, 2.24) is 0 Å². The van der Waals surface area contributed by atoms with Crippen molar-refractivity contribution in [1.29, 1.82) is 0 Å². The fourth-order valence-corrected chi connectivity index (χ4v) is 1.40. The first kappa shape index (κ1) is 11.0. The minimum absolute atomic E-state index is 0.0326. The molecule has 0 radical (unpaired) electrons. The lowest BCUT2D eigenvalue weighted by atomic mass is 10.2. The van der Waals surface area contributed by atoms with Crippen LogP contribution in [0, 0.1) is 0 Å². The van der Waals surface area contributed by atoms with Crippen molar-refractivity contribution in [3.05, 3.63) is 28.2 Å². The Bertz CT molecular complexity index is 341. The van der Waals surface area contributed by atoms with E-state index in [1.165, 1.54) is 6.07 Å². The van der Waals surface area contributed by atoms with Gasteiger partial charge in [0, 0.05) is 16.7 Å². The summed E-state index contributed by atoms with van der Waals surface area (Å²) < 4.78 is 0.712. The van der Waals surface area contributed by atoms with Crippen LogP contribution in [0.2, 0.25) is 0 Å². The molecule has 0 heterocycles. The molecule has 0 fully saturated rings. The summed E-state index contributed by atoms with van der Waals surface area (Å²) in [6, 6.07) is 4.91.